The molecule has 6 nitrogen and oxygen atoms in total. The van der Waals surface area contributed by atoms with Crippen LogP contribution < -0.4 is 16.0 Å². The molecule has 1 fully saturated rings. The van der Waals surface area contributed by atoms with Gasteiger partial charge in [0, 0.05) is 20.1 Å². The van der Waals surface area contributed by atoms with E-state index in [-0.39, 0.29) is 5.91 Å². The van der Waals surface area contributed by atoms with E-state index in [0.29, 0.717) is 12.5 Å². The summed E-state index contributed by atoms with van der Waals surface area (Å²) in [5, 5.41) is 6.02. The highest BCUT2D eigenvalue weighted by molar-refractivity contribution is 7.16. The van der Waals surface area contributed by atoms with Gasteiger partial charge in [-0.3, -0.25) is 4.79 Å². The van der Waals surface area contributed by atoms with Crippen LogP contribution in [0, 0.1) is 5.41 Å². The van der Waals surface area contributed by atoms with Gasteiger partial charge in [0.15, 0.2) is 0 Å². The first kappa shape index (κ1) is 13.1. The summed E-state index contributed by atoms with van der Waals surface area (Å²) in [6.07, 6.45) is 0.757. The molecule has 0 saturated carbocycles. The summed E-state index contributed by atoms with van der Waals surface area (Å²) in [6, 6.07) is 2.02. The van der Waals surface area contributed by atoms with Crippen LogP contribution in [0.5, 0.6) is 0 Å². The Kier molecular flexibility index (Phi) is 3.01. The molecule has 3 rings (SSSR count). The largest absolute Gasteiger partial charge is 0.369 e. The quantitative estimate of drug-likeness (QED) is 0.894. The molecule has 1 aliphatic rings. The van der Waals surface area contributed by atoms with E-state index >= 15 is 0 Å². The van der Waals surface area contributed by atoms with Crippen molar-refractivity contribution in [3.63, 3.8) is 0 Å². The fourth-order valence-corrected chi connectivity index (χ4v) is 3.29. The van der Waals surface area contributed by atoms with Crippen molar-refractivity contribution < 1.29 is 4.79 Å². The lowest BCUT2D eigenvalue weighted by molar-refractivity contribution is -0.125. The first-order chi connectivity index (χ1) is 9.53. The minimum atomic E-state index is -0.479. The van der Waals surface area contributed by atoms with E-state index in [4.69, 9.17) is 5.73 Å². The number of thiophene rings is 1. The molecule has 3 heterocycles. The van der Waals surface area contributed by atoms with Crippen molar-refractivity contribution in [3.8, 4) is 0 Å². The Morgan fingerprint density at radius 3 is 3.00 bits per heavy atom. The average molecular weight is 291 g/mol. The van der Waals surface area contributed by atoms with Crippen LogP contribution in [-0.2, 0) is 4.79 Å². The highest BCUT2D eigenvalue weighted by Crippen LogP contribution is 2.36. The molecule has 0 aromatic carbocycles. The number of aromatic nitrogens is 2. The number of nitrogens with zero attached hydrogens (tertiary/aromatic N) is 3. The molecule has 1 unspecified atom stereocenters. The summed E-state index contributed by atoms with van der Waals surface area (Å²) in [5.74, 6) is 1.23. The van der Waals surface area contributed by atoms with Crippen molar-refractivity contribution in [2.75, 3.05) is 30.4 Å². The number of anilines is 2. The van der Waals surface area contributed by atoms with Gasteiger partial charge in [-0.2, -0.15) is 4.98 Å². The number of nitrogens with one attached hydrogen (secondary N) is 1. The van der Waals surface area contributed by atoms with Crippen LogP contribution >= 0.6 is 11.3 Å². The van der Waals surface area contributed by atoms with E-state index in [1.165, 1.54) is 0 Å². The van der Waals surface area contributed by atoms with E-state index in [0.717, 1.165) is 29.0 Å². The maximum atomic E-state index is 11.6. The number of fused-ring (bicyclic) bond motifs is 1. The molecule has 0 radical (unpaired) electrons. The second-order valence-electron chi connectivity index (χ2n) is 5.36. The molecule has 106 valence electrons. The van der Waals surface area contributed by atoms with Crippen LogP contribution in [0.15, 0.2) is 11.4 Å². The third-order valence-corrected chi connectivity index (χ3v) is 4.70. The van der Waals surface area contributed by atoms with E-state index in [1.807, 2.05) is 18.4 Å². The molecule has 1 amide bonds. The zero-order chi connectivity index (χ0) is 14.3. The second kappa shape index (κ2) is 4.59. The summed E-state index contributed by atoms with van der Waals surface area (Å²) in [6.45, 7) is 3.30. The first-order valence-electron chi connectivity index (χ1n) is 6.51. The van der Waals surface area contributed by atoms with E-state index in [9.17, 15) is 4.79 Å². The highest BCUT2D eigenvalue weighted by Gasteiger charge is 2.39. The van der Waals surface area contributed by atoms with E-state index < -0.39 is 5.41 Å². The SMILES string of the molecule is CNc1nc(N2CCC(C)(C(N)=O)C2)c2ccsc2n1. The van der Waals surface area contributed by atoms with Gasteiger partial charge in [-0.1, -0.05) is 0 Å². The van der Waals surface area contributed by atoms with Gasteiger partial charge >= 0.3 is 0 Å². The van der Waals surface area contributed by atoms with Gasteiger partial charge in [0.1, 0.15) is 10.6 Å². The Morgan fingerprint density at radius 1 is 1.55 bits per heavy atom. The van der Waals surface area contributed by atoms with Gasteiger partial charge in [-0.15, -0.1) is 11.3 Å². The molecule has 1 saturated heterocycles. The number of hydrogen-bond donors (Lipinski definition) is 2. The minimum Gasteiger partial charge on any atom is -0.369 e. The monoisotopic (exact) mass is 291 g/mol. The van der Waals surface area contributed by atoms with Gasteiger partial charge in [0.25, 0.3) is 0 Å². The van der Waals surface area contributed by atoms with Crippen molar-refractivity contribution in [3.05, 3.63) is 11.4 Å². The lowest BCUT2D eigenvalue weighted by Crippen LogP contribution is -2.37. The zero-order valence-corrected chi connectivity index (χ0v) is 12.3. The van der Waals surface area contributed by atoms with Crippen LogP contribution in [0.2, 0.25) is 0 Å². The van der Waals surface area contributed by atoms with Crippen molar-refractivity contribution in [2.24, 2.45) is 11.1 Å². The Hall–Kier alpha value is -1.89. The molecular formula is C13H17N5OS. The third kappa shape index (κ3) is 1.98. The molecule has 7 heteroatoms. The number of amides is 1. The topological polar surface area (TPSA) is 84.1 Å². The average Bonchev–Trinajstić information content (AvgIpc) is 3.04. The van der Waals surface area contributed by atoms with Gasteiger partial charge in [0.05, 0.1) is 10.8 Å². The Balaban J connectivity index is 2.02. The van der Waals surface area contributed by atoms with Gasteiger partial charge < -0.3 is 16.0 Å². The summed E-state index contributed by atoms with van der Waals surface area (Å²) >= 11 is 1.59. The molecule has 1 atom stereocenters. The molecule has 0 spiro atoms. The fraction of sp³-hybridized carbons (Fsp3) is 0.462. The number of carbonyl (C=O) groups is 1. The van der Waals surface area contributed by atoms with Gasteiger partial charge in [-0.25, -0.2) is 4.98 Å². The van der Waals surface area contributed by atoms with Crippen molar-refractivity contribution in [1.82, 2.24) is 9.97 Å². The maximum absolute atomic E-state index is 11.6. The molecule has 0 bridgehead atoms. The van der Waals surface area contributed by atoms with Crippen LogP contribution in [0.4, 0.5) is 11.8 Å². The molecule has 1 aliphatic heterocycles. The van der Waals surface area contributed by atoms with E-state index in [1.54, 1.807) is 18.4 Å². The Labute approximate surface area is 121 Å². The molecule has 20 heavy (non-hydrogen) atoms. The van der Waals surface area contributed by atoms with Crippen molar-refractivity contribution >= 4 is 39.2 Å². The van der Waals surface area contributed by atoms with Crippen LogP contribution in [-0.4, -0.2) is 36.0 Å². The molecule has 0 aliphatic carbocycles. The summed E-state index contributed by atoms with van der Waals surface area (Å²) < 4.78 is 0. The smallest absolute Gasteiger partial charge is 0.225 e. The standard InChI is InChI=1S/C13H17N5OS/c1-13(11(14)19)4-5-18(7-13)9-8-3-6-20-10(8)17-12(15-2)16-9/h3,6H,4-5,7H2,1-2H3,(H2,14,19)(H,15,16,17). The molecule has 3 N–H and O–H groups in total. The number of carbonyl (C=O) groups excluding carboxylic acids is 1. The lowest BCUT2D eigenvalue weighted by Gasteiger charge is -2.22. The molecule has 2 aromatic heterocycles. The Bertz CT molecular complexity index is 670. The summed E-state index contributed by atoms with van der Waals surface area (Å²) in [5.41, 5.74) is 5.03. The summed E-state index contributed by atoms with van der Waals surface area (Å²) in [4.78, 5) is 23.7. The van der Waals surface area contributed by atoms with Crippen LogP contribution in [0.1, 0.15) is 13.3 Å². The predicted molar refractivity (Wildman–Crippen MR) is 81.1 cm³/mol. The fourth-order valence-electron chi connectivity index (χ4n) is 2.54. The van der Waals surface area contributed by atoms with Crippen molar-refractivity contribution in [1.29, 1.82) is 0 Å². The summed E-state index contributed by atoms with van der Waals surface area (Å²) in [7, 11) is 1.80. The normalized spacial score (nSPS) is 22.4. The first-order valence-corrected chi connectivity index (χ1v) is 7.39. The van der Waals surface area contributed by atoms with Crippen molar-refractivity contribution in [2.45, 2.75) is 13.3 Å². The zero-order valence-electron chi connectivity index (χ0n) is 11.5. The van der Waals surface area contributed by atoms with Gasteiger partial charge in [0.2, 0.25) is 11.9 Å². The van der Waals surface area contributed by atoms with Gasteiger partial charge in [-0.05, 0) is 24.8 Å². The molecular weight excluding hydrogens is 274 g/mol. The number of primary amides is 1. The van der Waals surface area contributed by atoms with Crippen LogP contribution in [0.3, 0.4) is 0 Å². The van der Waals surface area contributed by atoms with Crippen LogP contribution in [0.25, 0.3) is 10.2 Å². The predicted octanol–water partition coefficient (Wildman–Crippen LogP) is 1.43. The molecule has 2 aromatic rings. The lowest BCUT2D eigenvalue weighted by atomic mass is 9.89. The third-order valence-electron chi connectivity index (χ3n) is 3.90. The van der Waals surface area contributed by atoms with E-state index in [2.05, 4.69) is 20.2 Å². The maximum Gasteiger partial charge on any atom is 0.225 e. The number of nitrogens with two attached hydrogens (primary N) is 1. The number of hydrogen-bond acceptors (Lipinski definition) is 6. The minimum absolute atomic E-state index is 0.246. The second-order valence-corrected chi connectivity index (χ2v) is 6.25. The number of rotatable bonds is 3. The Morgan fingerprint density at radius 2 is 2.35 bits per heavy atom. The highest BCUT2D eigenvalue weighted by atomic mass is 32.1.